The van der Waals surface area contributed by atoms with Gasteiger partial charge in [-0.3, -0.25) is 4.79 Å². The Labute approximate surface area is 181 Å². The Balaban J connectivity index is 1.56. The number of furan rings is 1. The van der Waals surface area contributed by atoms with Gasteiger partial charge in [-0.2, -0.15) is 0 Å². The van der Waals surface area contributed by atoms with Crippen molar-refractivity contribution in [2.24, 2.45) is 0 Å². The second kappa shape index (κ2) is 9.02. The fourth-order valence-electron chi connectivity index (χ4n) is 3.79. The Bertz CT molecular complexity index is 1090. The smallest absolute Gasteiger partial charge is 0.253 e. The summed E-state index contributed by atoms with van der Waals surface area (Å²) in [6, 6.07) is 9.86. The van der Waals surface area contributed by atoms with Crippen LogP contribution in [0.5, 0.6) is 0 Å². The lowest BCUT2D eigenvalue weighted by Gasteiger charge is -2.28. The van der Waals surface area contributed by atoms with Crippen molar-refractivity contribution in [1.82, 2.24) is 15.2 Å². The van der Waals surface area contributed by atoms with E-state index in [4.69, 9.17) is 21.4 Å². The van der Waals surface area contributed by atoms with Gasteiger partial charge < -0.3 is 24.4 Å². The number of benzene rings is 1. The number of pyridine rings is 1. The van der Waals surface area contributed by atoms with Gasteiger partial charge in [0.05, 0.1) is 25.5 Å². The third-order valence-corrected chi connectivity index (χ3v) is 6.03. The number of hydrogen-bond donors (Lipinski definition) is 2. The van der Waals surface area contributed by atoms with Crippen LogP contribution in [0, 0.1) is 13.8 Å². The quantitative estimate of drug-likeness (QED) is 0.586. The summed E-state index contributed by atoms with van der Waals surface area (Å²) in [4.78, 5) is 17.8. The van der Waals surface area contributed by atoms with Crippen LogP contribution in [0.3, 0.4) is 0 Å². The van der Waals surface area contributed by atoms with Gasteiger partial charge >= 0.3 is 0 Å². The predicted molar refractivity (Wildman–Crippen MR) is 122 cm³/mol. The number of aromatic amines is 1. The molecule has 1 fully saturated rings. The Morgan fingerprint density at radius 3 is 2.87 bits per heavy atom. The van der Waals surface area contributed by atoms with E-state index in [1.165, 1.54) is 5.56 Å². The van der Waals surface area contributed by atoms with E-state index in [1.54, 1.807) is 6.26 Å². The van der Waals surface area contributed by atoms with E-state index in [9.17, 15) is 4.79 Å². The lowest BCUT2D eigenvalue weighted by atomic mass is 10.0. The normalized spacial score (nSPS) is 16.1. The summed E-state index contributed by atoms with van der Waals surface area (Å²) in [7, 11) is 0. The third-order valence-electron chi connectivity index (χ3n) is 5.63. The Hall–Kier alpha value is -2.64. The average molecular weight is 426 g/mol. The van der Waals surface area contributed by atoms with E-state index in [-0.39, 0.29) is 11.7 Å². The van der Waals surface area contributed by atoms with E-state index in [2.05, 4.69) is 23.3 Å². The summed E-state index contributed by atoms with van der Waals surface area (Å²) in [5.74, 6) is 0.809. The molecule has 158 valence electrons. The molecule has 0 bridgehead atoms. The van der Waals surface area contributed by atoms with Crippen LogP contribution in [0.15, 0.2) is 45.8 Å². The van der Waals surface area contributed by atoms with Gasteiger partial charge in [0.1, 0.15) is 5.76 Å². The second-order valence-electron chi connectivity index (χ2n) is 7.90. The molecule has 1 saturated heterocycles. The molecule has 0 amide bonds. The molecule has 6 nitrogen and oxygen atoms in total. The lowest BCUT2D eigenvalue weighted by molar-refractivity contribution is 0.0896. The monoisotopic (exact) mass is 425 g/mol. The van der Waals surface area contributed by atoms with Crippen molar-refractivity contribution >= 4 is 28.2 Å². The SMILES string of the molecule is Cc1cc2cc(CN(C[C@H]3CCCO3)C(=S)NCc3ccco3)c(=O)[nH]c2cc1C. The van der Waals surface area contributed by atoms with Gasteiger partial charge in [0.25, 0.3) is 5.56 Å². The molecule has 7 heteroatoms. The zero-order chi connectivity index (χ0) is 21.1. The Morgan fingerprint density at radius 1 is 1.30 bits per heavy atom. The summed E-state index contributed by atoms with van der Waals surface area (Å²) in [6.45, 7) is 6.47. The van der Waals surface area contributed by atoms with Crippen LogP contribution < -0.4 is 10.9 Å². The fraction of sp³-hybridized carbons (Fsp3) is 0.391. The van der Waals surface area contributed by atoms with Crippen molar-refractivity contribution in [3.05, 3.63) is 69.4 Å². The summed E-state index contributed by atoms with van der Waals surface area (Å²) in [5.41, 5.74) is 3.82. The number of rotatable bonds is 6. The van der Waals surface area contributed by atoms with E-state index >= 15 is 0 Å². The zero-order valence-corrected chi connectivity index (χ0v) is 18.2. The lowest BCUT2D eigenvalue weighted by Crippen LogP contribution is -2.43. The molecule has 0 spiro atoms. The van der Waals surface area contributed by atoms with Crippen molar-refractivity contribution < 1.29 is 9.15 Å². The number of aryl methyl sites for hydroxylation is 2. The molecule has 3 heterocycles. The van der Waals surface area contributed by atoms with E-state index in [1.807, 2.05) is 36.1 Å². The van der Waals surface area contributed by atoms with Crippen molar-refractivity contribution in [2.45, 2.75) is 45.9 Å². The van der Waals surface area contributed by atoms with Crippen molar-refractivity contribution in [1.29, 1.82) is 0 Å². The molecule has 2 aromatic heterocycles. The highest BCUT2D eigenvalue weighted by Gasteiger charge is 2.22. The van der Waals surface area contributed by atoms with Crippen LogP contribution in [-0.2, 0) is 17.8 Å². The van der Waals surface area contributed by atoms with Gasteiger partial charge in [0.15, 0.2) is 5.11 Å². The maximum atomic E-state index is 12.8. The number of thiocarbonyl (C=S) groups is 1. The number of nitrogens with zero attached hydrogens (tertiary/aromatic N) is 1. The largest absolute Gasteiger partial charge is 0.467 e. The number of fused-ring (bicyclic) bond motifs is 1. The number of hydrogen-bond acceptors (Lipinski definition) is 4. The minimum Gasteiger partial charge on any atom is -0.467 e. The van der Waals surface area contributed by atoms with Crippen LogP contribution >= 0.6 is 12.2 Å². The topological polar surface area (TPSA) is 70.5 Å². The van der Waals surface area contributed by atoms with Gasteiger partial charge in [-0.05, 0) is 85.8 Å². The van der Waals surface area contributed by atoms with Gasteiger partial charge in [-0.15, -0.1) is 0 Å². The van der Waals surface area contributed by atoms with E-state index in [0.29, 0.717) is 30.3 Å². The van der Waals surface area contributed by atoms with Crippen molar-refractivity contribution in [3.8, 4) is 0 Å². The number of nitrogens with one attached hydrogen (secondary N) is 2. The number of aromatic nitrogens is 1. The number of ether oxygens (including phenoxy) is 1. The highest BCUT2D eigenvalue weighted by atomic mass is 32.1. The van der Waals surface area contributed by atoms with E-state index < -0.39 is 0 Å². The minimum atomic E-state index is -0.0862. The Morgan fingerprint density at radius 2 is 2.13 bits per heavy atom. The molecule has 1 aliphatic heterocycles. The molecule has 1 atom stereocenters. The first-order valence-electron chi connectivity index (χ1n) is 10.3. The maximum absolute atomic E-state index is 12.8. The van der Waals surface area contributed by atoms with Crippen molar-refractivity contribution in [3.63, 3.8) is 0 Å². The standard InChI is InChI=1S/C23H27N3O3S/c1-15-9-17-11-18(22(27)25-21(17)10-16(15)2)13-26(14-20-6-4-8-29-20)23(30)24-12-19-5-3-7-28-19/h3,5,7,9-11,20H,4,6,8,12-14H2,1-2H3,(H,24,30)(H,25,27)/t20-/m1/s1. The molecule has 3 aromatic rings. The molecule has 0 saturated carbocycles. The van der Waals surface area contributed by atoms with Crippen molar-refractivity contribution in [2.75, 3.05) is 13.2 Å². The molecule has 1 aromatic carbocycles. The van der Waals surface area contributed by atoms with Gasteiger partial charge in [0, 0.05) is 24.2 Å². The fourth-order valence-corrected chi connectivity index (χ4v) is 4.00. The van der Waals surface area contributed by atoms with E-state index in [0.717, 1.165) is 41.7 Å². The van der Waals surface area contributed by atoms with Crippen LogP contribution in [0.1, 0.15) is 35.3 Å². The van der Waals surface area contributed by atoms with Gasteiger partial charge in [0.2, 0.25) is 0 Å². The minimum absolute atomic E-state index is 0.0862. The Kier molecular flexibility index (Phi) is 6.20. The molecule has 0 radical (unpaired) electrons. The molecular weight excluding hydrogens is 398 g/mol. The summed E-state index contributed by atoms with van der Waals surface area (Å²) in [6.07, 6.45) is 3.82. The first kappa shape index (κ1) is 20.6. The maximum Gasteiger partial charge on any atom is 0.253 e. The predicted octanol–water partition coefficient (Wildman–Crippen LogP) is 3.79. The van der Waals surface area contributed by atoms with Crippen LogP contribution in [0.4, 0.5) is 0 Å². The zero-order valence-electron chi connectivity index (χ0n) is 17.4. The molecule has 30 heavy (non-hydrogen) atoms. The first-order chi connectivity index (χ1) is 14.5. The average Bonchev–Trinajstić information content (AvgIpc) is 3.42. The number of H-pyrrole nitrogens is 1. The van der Waals surface area contributed by atoms with Crippen LogP contribution in [0.2, 0.25) is 0 Å². The molecule has 2 N–H and O–H groups in total. The summed E-state index contributed by atoms with van der Waals surface area (Å²) < 4.78 is 11.2. The second-order valence-corrected chi connectivity index (χ2v) is 8.29. The van der Waals surface area contributed by atoms with Crippen LogP contribution in [-0.4, -0.2) is 34.3 Å². The van der Waals surface area contributed by atoms with Gasteiger partial charge in [-0.25, -0.2) is 0 Å². The highest BCUT2D eigenvalue weighted by molar-refractivity contribution is 7.80. The first-order valence-corrected chi connectivity index (χ1v) is 10.7. The molecule has 4 rings (SSSR count). The molecule has 0 unspecified atom stereocenters. The molecular formula is C23H27N3O3S. The third kappa shape index (κ3) is 4.74. The van der Waals surface area contributed by atoms with Gasteiger partial charge in [-0.1, -0.05) is 0 Å². The molecule has 1 aliphatic rings. The molecule has 0 aliphatic carbocycles. The van der Waals surface area contributed by atoms with Crippen LogP contribution in [0.25, 0.3) is 10.9 Å². The summed E-state index contributed by atoms with van der Waals surface area (Å²) >= 11 is 5.66. The summed E-state index contributed by atoms with van der Waals surface area (Å²) in [5, 5.41) is 4.86. The highest BCUT2D eigenvalue weighted by Crippen LogP contribution is 2.19.